The van der Waals surface area contributed by atoms with Crippen LogP contribution in [0.25, 0.3) is 5.70 Å². The Balaban J connectivity index is 1.43. The van der Waals surface area contributed by atoms with Gasteiger partial charge in [-0.2, -0.15) is 0 Å². The second-order valence-corrected chi connectivity index (χ2v) is 10.9. The van der Waals surface area contributed by atoms with Crippen LogP contribution >= 0.6 is 27.7 Å². The molecule has 5 rings (SSSR count). The Morgan fingerprint density at radius 1 is 1.03 bits per heavy atom. The summed E-state index contributed by atoms with van der Waals surface area (Å²) in [4.78, 5) is 18.3. The molecular weight excluding hydrogens is 548 g/mol. The number of hydrogen-bond donors (Lipinski definition) is 1. The molecule has 3 aromatic carbocycles. The van der Waals surface area contributed by atoms with Crippen molar-refractivity contribution in [1.29, 1.82) is 0 Å². The first-order chi connectivity index (χ1) is 18.1. The average molecular weight is 578 g/mol. The molecule has 2 heterocycles. The van der Waals surface area contributed by atoms with Gasteiger partial charge in [0.05, 0.1) is 9.83 Å². The molecule has 190 valence electrons. The first-order valence-electron chi connectivity index (χ1n) is 12.6. The molecule has 2 aliphatic rings. The minimum absolute atomic E-state index is 0.153. The lowest BCUT2D eigenvalue weighted by atomic mass is 10.1. The van der Waals surface area contributed by atoms with E-state index in [9.17, 15) is 4.79 Å². The van der Waals surface area contributed by atoms with Crippen LogP contribution in [0, 0.1) is 0 Å². The van der Waals surface area contributed by atoms with E-state index in [0.29, 0.717) is 17.5 Å². The maximum absolute atomic E-state index is 13.3. The lowest BCUT2D eigenvalue weighted by Gasteiger charge is -2.34. The van der Waals surface area contributed by atoms with Crippen LogP contribution in [-0.4, -0.2) is 21.8 Å². The molecule has 0 saturated heterocycles. The van der Waals surface area contributed by atoms with Gasteiger partial charge in [-0.25, -0.2) is 5.01 Å². The number of hydrazone groups is 1. The summed E-state index contributed by atoms with van der Waals surface area (Å²) in [5.41, 5.74) is 2.54. The number of ether oxygens (including phenoxy) is 1. The van der Waals surface area contributed by atoms with Gasteiger partial charge in [-0.05, 0) is 51.7 Å². The van der Waals surface area contributed by atoms with Gasteiger partial charge in [0.1, 0.15) is 18.1 Å². The molecule has 1 atom stereocenters. The van der Waals surface area contributed by atoms with Crippen molar-refractivity contribution in [3.05, 3.63) is 99.0 Å². The average Bonchev–Trinajstić information content (AvgIpc) is 2.92. The molecule has 8 heteroatoms. The van der Waals surface area contributed by atoms with E-state index in [1.54, 1.807) is 16.8 Å². The summed E-state index contributed by atoms with van der Waals surface area (Å²) in [6.45, 7) is 2.68. The zero-order valence-electron chi connectivity index (χ0n) is 20.7. The maximum atomic E-state index is 13.3. The number of benzene rings is 3. The number of nitrogens with zero attached hydrogens (tertiary/aromatic N) is 3. The summed E-state index contributed by atoms with van der Waals surface area (Å²) in [6.07, 6.45) is 4.23. The second kappa shape index (κ2) is 12.0. The number of nitrogens with one attached hydrogen (secondary N) is 1. The van der Waals surface area contributed by atoms with E-state index in [4.69, 9.17) is 14.8 Å². The highest BCUT2D eigenvalue weighted by Gasteiger charge is 2.34. The number of halogens is 1. The molecule has 0 radical (unpaired) electrons. The summed E-state index contributed by atoms with van der Waals surface area (Å²) in [6, 6.07) is 23.7. The molecule has 37 heavy (non-hydrogen) atoms. The number of amides is 1. The summed E-state index contributed by atoms with van der Waals surface area (Å²) in [5.74, 6) is 1.51. The molecule has 1 amide bonds. The quantitative estimate of drug-likeness (QED) is 0.342. The predicted molar refractivity (Wildman–Crippen MR) is 152 cm³/mol. The van der Waals surface area contributed by atoms with Crippen molar-refractivity contribution in [3.63, 3.8) is 0 Å². The monoisotopic (exact) mass is 576 g/mol. The Morgan fingerprint density at radius 3 is 2.65 bits per heavy atom. The van der Waals surface area contributed by atoms with E-state index in [-0.39, 0.29) is 5.91 Å². The van der Waals surface area contributed by atoms with Gasteiger partial charge in [-0.15, -0.1) is 5.10 Å². The van der Waals surface area contributed by atoms with Crippen molar-refractivity contribution in [2.45, 2.75) is 45.4 Å². The largest absolute Gasteiger partial charge is 0.488 e. The van der Waals surface area contributed by atoms with Crippen LogP contribution in [0.3, 0.4) is 0 Å². The highest BCUT2D eigenvalue weighted by Crippen LogP contribution is 2.35. The fourth-order valence-electron chi connectivity index (χ4n) is 4.34. The van der Waals surface area contributed by atoms with Gasteiger partial charge in [0, 0.05) is 11.0 Å². The summed E-state index contributed by atoms with van der Waals surface area (Å²) in [5, 5.41) is 11.8. The highest BCUT2D eigenvalue weighted by molar-refractivity contribution is 9.10. The van der Waals surface area contributed by atoms with E-state index in [0.717, 1.165) is 44.1 Å². The molecule has 3 aromatic rings. The zero-order chi connectivity index (χ0) is 25.6. The topological polar surface area (TPSA) is 66.3 Å². The normalized spacial score (nSPS) is 16.3. The van der Waals surface area contributed by atoms with Crippen molar-refractivity contribution in [2.24, 2.45) is 10.1 Å². The Labute approximate surface area is 229 Å². The van der Waals surface area contributed by atoms with Crippen LogP contribution in [0.2, 0.25) is 0 Å². The Bertz CT molecular complexity index is 1430. The standard InChI is InChI=1S/C29H29BrN4O2S/c1-2-3-4-10-17-37-29-32-28(35)26-22-13-8-9-14-24(22)31-27(34(26)33-29)21-15-16-25(23(30)18-21)36-19-20-11-6-5-7-12-20/h5-9,11-16,18,27H,2-4,10,17,19H2,1H3,(H,32,33,35). The molecule has 1 unspecified atom stereocenters. The molecule has 2 aliphatic heterocycles. The third-order valence-electron chi connectivity index (χ3n) is 6.24. The SMILES string of the molecule is CCCCCCSC1=NN2C(=c3ccccc3=NC2c2ccc(OCc3ccccc3)c(Br)c2)C(=O)N1. The minimum atomic E-state index is -0.467. The lowest BCUT2D eigenvalue weighted by Crippen LogP contribution is -2.50. The van der Waals surface area contributed by atoms with E-state index in [1.165, 1.54) is 19.3 Å². The Hall–Kier alpha value is -3.10. The van der Waals surface area contributed by atoms with Crippen LogP contribution < -0.4 is 20.6 Å². The van der Waals surface area contributed by atoms with Gasteiger partial charge in [0.2, 0.25) is 0 Å². The lowest BCUT2D eigenvalue weighted by molar-refractivity contribution is -0.116. The zero-order valence-corrected chi connectivity index (χ0v) is 23.1. The molecule has 0 spiro atoms. The van der Waals surface area contributed by atoms with Gasteiger partial charge in [0.15, 0.2) is 11.3 Å². The van der Waals surface area contributed by atoms with Gasteiger partial charge >= 0.3 is 0 Å². The number of amidine groups is 1. The van der Waals surface area contributed by atoms with Gasteiger partial charge < -0.3 is 4.74 Å². The minimum Gasteiger partial charge on any atom is -0.488 e. The number of hydrogen-bond acceptors (Lipinski definition) is 6. The number of para-hydroxylation sites is 1. The molecule has 0 fully saturated rings. The predicted octanol–water partition coefficient (Wildman–Crippen LogP) is 5.48. The van der Waals surface area contributed by atoms with Crippen LogP contribution in [0.1, 0.15) is 49.9 Å². The fraction of sp³-hybridized carbons (Fsp3) is 0.276. The van der Waals surface area contributed by atoms with Crippen LogP contribution in [0.4, 0.5) is 0 Å². The molecular formula is C29H29BrN4O2S. The number of fused-ring (bicyclic) bond motifs is 2. The number of rotatable bonds is 9. The number of unbranched alkanes of at least 4 members (excludes halogenated alkanes) is 3. The van der Waals surface area contributed by atoms with Crippen molar-refractivity contribution in [2.75, 3.05) is 5.75 Å². The van der Waals surface area contributed by atoms with Gasteiger partial charge in [-0.1, -0.05) is 92.5 Å². The smallest absolute Gasteiger partial charge is 0.276 e. The van der Waals surface area contributed by atoms with E-state index >= 15 is 0 Å². The summed E-state index contributed by atoms with van der Waals surface area (Å²) < 4.78 is 6.87. The number of carbonyl (C=O) groups is 1. The number of carbonyl (C=O) groups excluding carboxylic acids is 1. The molecule has 0 aliphatic carbocycles. The van der Waals surface area contributed by atoms with Gasteiger partial charge in [0.25, 0.3) is 5.91 Å². The highest BCUT2D eigenvalue weighted by atomic mass is 79.9. The third-order valence-corrected chi connectivity index (χ3v) is 7.81. The first-order valence-corrected chi connectivity index (χ1v) is 14.4. The summed E-state index contributed by atoms with van der Waals surface area (Å²) in [7, 11) is 0. The van der Waals surface area contributed by atoms with Crippen molar-refractivity contribution in [3.8, 4) is 5.75 Å². The van der Waals surface area contributed by atoms with E-state index in [2.05, 4.69) is 28.2 Å². The molecule has 0 aromatic heterocycles. The van der Waals surface area contributed by atoms with Crippen LogP contribution in [0.5, 0.6) is 5.75 Å². The Kier molecular flexibility index (Phi) is 8.26. The first kappa shape index (κ1) is 25.5. The molecule has 0 bridgehead atoms. The van der Waals surface area contributed by atoms with Crippen molar-refractivity contribution < 1.29 is 9.53 Å². The summed E-state index contributed by atoms with van der Waals surface area (Å²) >= 11 is 5.26. The second-order valence-electron chi connectivity index (χ2n) is 8.95. The molecule has 6 nitrogen and oxygen atoms in total. The molecule has 1 N–H and O–H groups in total. The van der Waals surface area contributed by atoms with Crippen molar-refractivity contribution >= 4 is 44.5 Å². The van der Waals surface area contributed by atoms with E-state index in [1.807, 2.05) is 72.8 Å². The Morgan fingerprint density at radius 2 is 1.84 bits per heavy atom. The maximum Gasteiger partial charge on any atom is 0.276 e. The fourth-order valence-corrected chi connectivity index (χ4v) is 5.70. The third kappa shape index (κ3) is 5.91. The van der Waals surface area contributed by atoms with Gasteiger partial charge in [-0.3, -0.25) is 15.1 Å². The van der Waals surface area contributed by atoms with E-state index < -0.39 is 6.17 Å². The number of thioether (sulfide) groups is 1. The van der Waals surface area contributed by atoms with Crippen LogP contribution in [0.15, 0.2) is 87.4 Å². The van der Waals surface area contributed by atoms with Crippen molar-refractivity contribution in [1.82, 2.24) is 10.3 Å². The van der Waals surface area contributed by atoms with Crippen LogP contribution in [-0.2, 0) is 11.4 Å². The molecule has 0 saturated carbocycles.